The van der Waals surface area contributed by atoms with Gasteiger partial charge in [-0.15, -0.1) is 0 Å². The number of nitrogens with zero attached hydrogens (tertiary/aromatic N) is 2. The standard InChI is InChI=1S/C16H12N4O4/c17-9-11(10-18-13-6-2-4-8-15(13)21)16(22)19-12-5-1-3-7-14(12)20(23)24/h1-8,10,18,21H,(H,19,22)/b11-10-. The molecule has 0 bridgehead atoms. The summed E-state index contributed by atoms with van der Waals surface area (Å²) in [5.74, 6) is -0.861. The number of rotatable bonds is 5. The molecule has 2 aromatic carbocycles. The van der Waals surface area contributed by atoms with Crippen molar-refractivity contribution >= 4 is 23.0 Å². The molecule has 1 amide bonds. The maximum atomic E-state index is 12.1. The van der Waals surface area contributed by atoms with E-state index < -0.39 is 10.8 Å². The molecule has 0 aromatic heterocycles. The van der Waals surface area contributed by atoms with Gasteiger partial charge in [0.25, 0.3) is 11.6 Å². The third-order valence-electron chi connectivity index (χ3n) is 2.99. The van der Waals surface area contributed by atoms with Crippen molar-refractivity contribution in [2.75, 3.05) is 10.6 Å². The van der Waals surface area contributed by atoms with Gasteiger partial charge in [-0.25, -0.2) is 0 Å². The maximum absolute atomic E-state index is 12.1. The van der Waals surface area contributed by atoms with Crippen LogP contribution in [0.5, 0.6) is 5.75 Å². The van der Waals surface area contributed by atoms with Gasteiger partial charge >= 0.3 is 0 Å². The molecule has 2 rings (SSSR count). The number of nitrogens with one attached hydrogen (secondary N) is 2. The van der Waals surface area contributed by atoms with Gasteiger partial charge in [0.15, 0.2) is 0 Å². The molecule has 0 spiro atoms. The zero-order valence-corrected chi connectivity index (χ0v) is 12.3. The van der Waals surface area contributed by atoms with E-state index in [2.05, 4.69) is 10.6 Å². The zero-order chi connectivity index (χ0) is 17.5. The Morgan fingerprint density at radius 1 is 1.17 bits per heavy atom. The molecule has 0 saturated carbocycles. The lowest BCUT2D eigenvalue weighted by atomic mass is 10.2. The Hall–Kier alpha value is -3.86. The van der Waals surface area contributed by atoms with Crippen LogP contribution in [0.2, 0.25) is 0 Å². The number of amides is 1. The van der Waals surface area contributed by atoms with Crippen molar-refractivity contribution < 1.29 is 14.8 Å². The number of carbonyl (C=O) groups excluding carboxylic acids is 1. The first-order valence-electron chi connectivity index (χ1n) is 6.72. The molecule has 0 fully saturated rings. The highest BCUT2D eigenvalue weighted by Gasteiger charge is 2.17. The summed E-state index contributed by atoms with van der Waals surface area (Å²) in [7, 11) is 0. The Morgan fingerprint density at radius 3 is 2.42 bits per heavy atom. The minimum absolute atomic E-state index is 0.0174. The zero-order valence-electron chi connectivity index (χ0n) is 12.3. The van der Waals surface area contributed by atoms with Crippen LogP contribution in [-0.4, -0.2) is 15.9 Å². The van der Waals surface area contributed by atoms with E-state index >= 15 is 0 Å². The predicted molar refractivity (Wildman–Crippen MR) is 87.2 cm³/mol. The van der Waals surface area contributed by atoms with Crippen LogP contribution in [0.3, 0.4) is 0 Å². The molecule has 0 aliphatic rings. The lowest BCUT2D eigenvalue weighted by Crippen LogP contribution is -2.15. The number of benzene rings is 2. The molecular formula is C16H12N4O4. The lowest BCUT2D eigenvalue weighted by molar-refractivity contribution is -0.383. The van der Waals surface area contributed by atoms with Crippen LogP contribution in [-0.2, 0) is 4.79 Å². The molecule has 0 atom stereocenters. The average Bonchev–Trinajstić information content (AvgIpc) is 2.57. The molecule has 8 heteroatoms. The number of nitro benzene ring substituents is 1. The molecular weight excluding hydrogens is 312 g/mol. The highest BCUT2D eigenvalue weighted by molar-refractivity contribution is 6.07. The third kappa shape index (κ3) is 3.86. The lowest BCUT2D eigenvalue weighted by Gasteiger charge is -2.06. The van der Waals surface area contributed by atoms with E-state index in [1.807, 2.05) is 0 Å². The molecule has 8 nitrogen and oxygen atoms in total. The van der Waals surface area contributed by atoms with Crippen LogP contribution in [0.15, 0.2) is 60.3 Å². The normalized spacial score (nSPS) is 10.5. The Morgan fingerprint density at radius 2 is 1.79 bits per heavy atom. The van der Waals surface area contributed by atoms with Crippen LogP contribution < -0.4 is 10.6 Å². The molecule has 3 N–H and O–H groups in total. The summed E-state index contributed by atoms with van der Waals surface area (Å²) in [5.41, 5.74) is -0.298. The first-order chi connectivity index (χ1) is 11.5. The van der Waals surface area contributed by atoms with Gasteiger partial charge < -0.3 is 15.7 Å². The first kappa shape index (κ1) is 16.5. The smallest absolute Gasteiger partial charge is 0.292 e. The minimum atomic E-state index is -0.810. The maximum Gasteiger partial charge on any atom is 0.292 e. The SMILES string of the molecule is N#C/C(=C/Nc1ccccc1O)C(=O)Nc1ccccc1[N+](=O)[O-]. The quantitative estimate of drug-likeness (QED) is 0.255. The van der Waals surface area contributed by atoms with E-state index in [1.54, 1.807) is 24.3 Å². The van der Waals surface area contributed by atoms with Gasteiger partial charge in [-0.3, -0.25) is 14.9 Å². The molecule has 120 valence electrons. The Labute approximate surface area is 136 Å². The van der Waals surface area contributed by atoms with Gasteiger partial charge in [-0.05, 0) is 18.2 Å². The molecule has 0 saturated heterocycles. The van der Waals surface area contributed by atoms with Crippen molar-refractivity contribution in [3.05, 3.63) is 70.4 Å². The summed E-state index contributed by atoms with van der Waals surface area (Å²) in [6.45, 7) is 0. The fraction of sp³-hybridized carbons (Fsp3) is 0. The molecule has 24 heavy (non-hydrogen) atoms. The summed E-state index contributed by atoms with van der Waals surface area (Å²) in [4.78, 5) is 22.4. The number of carbonyl (C=O) groups is 1. The Kier molecular flexibility index (Phi) is 5.10. The number of anilines is 2. The fourth-order valence-corrected chi connectivity index (χ4v) is 1.82. The topological polar surface area (TPSA) is 128 Å². The van der Waals surface area contributed by atoms with Crippen molar-refractivity contribution in [3.63, 3.8) is 0 Å². The van der Waals surface area contributed by atoms with E-state index in [-0.39, 0.29) is 22.7 Å². The van der Waals surface area contributed by atoms with E-state index in [4.69, 9.17) is 5.26 Å². The molecule has 2 aromatic rings. The van der Waals surface area contributed by atoms with Crippen molar-refractivity contribution in [2.45, 2.75) is 0 Å². The summed E-state index contributed by atoms with van der Waals surface area (Å²) in [6.07, 6.45) is 1.11. The van der Waals surface area contributed by atoms with Gasteiger partial charge in [0.1, 0.15) is 23.1 Å². The number of aromatic hydroxyl groups is 1. The second-order valence-electron chi connectivity index (χ2n) is 4.56. The number of phenols is 1. The summed E-state index contributed by atoms with van der Waals surface area (Å²) < 4.78 is 0. The monoisotopic (exact) mass is 324 g/mol. The Bertz CT molecular complexity index is 855. The first-order valence-corrected chi connectivity index (χ1v) is 6.72. The second kappa shape index (κ2) is 7.42. The molecule has 0 unspecified atom stereocenters. The van der Waals surface area contributed by atoms with Crippen LogP contribution in [0.25, 0.3) is 0 Å². The van der Waals surface area contributed by atoms with Gasteiger partial charge in [0.05, 0.1) is 10.6 Å². The van der Waals surface area contributed by atoms with Crippen LogP contribution in [0, 0.1) is 21.4 Å². The van der Waals surface area contributed by atoms with Gasteiger partial charge in [-0.2, -0.15) is 5.26 Å². The van der Waals surface area contributed by atoms with Crippen LogP contribution in [0.1, 0.15) is 0 Å². The summed E-state index contributed by atoms with van der Waals surface area (Å²) in [5, 5.41) is 34.6. The number of nitriles is 1. The van der Waals surface area contributed by atoms with Gasteiger partial charge in [-0.1, -0.05) is 24.3 Å². The van der Waals surface area contributed by atoms with Crippen LogP contribution >= 0.6 is 0 Å². The largest absolute Gasteiger partial charge is 0.506 e. The van der Waals surface area contributed by atoms with Crippen molar-refractivity contribution in [1.29, 1.82) is 5.26 Å². The molecule has 0 heterocycles. The number of nitro groups is 1. The van der Waals surface area contributed by atoms with Crippen LogP contribution in [0.4, 0.5) is 17.1 Å². The van der Waals surface area contributed by atoms with Crippen molar-refractivity contribution in [1.82, 2.24) is 0 Å². The summed E-state index contributed by atoms with van der Waals surface area (Å²) in [6, 6.07) is 13.6. The minimum Gasteiger partial charge on any atom is -0.506 e. The fourth-order valence-electron chi connectivity index (χ4n) is 1.82. The van der Waals surface area contributed by atoms with E-state index in [9.17, 15) is 20.0 Å². The highest BCUT2D eigenvalue weighted by Crippen LogP contribution is 2.24. The molecule has 0 radical (unpaired) electrons. The predicted octanol–water partition coefficient (Wildman–Crippen LogP) is 2.76. The van der Waals surface area contributed by atoms with Gasteiger partial charge in [0, 0.05) is 12.3 Å². The second-order valence-corrected chi connectivity index (χ2v) is 4.56. The van der Waals surface area contributed by atoms with Crippen molar-refractivity contribution in [3.8, 4) is 11.8 Å². The third-order valence-corrected chi connectivity index (χ3v) is 2.99. The number of hydrogen-bond donors (Lipinski definition) is 3. The number of phenolic OH excluding ortho intramolecular Hbond substituents is 1. The van der Waals surface area contributed by atoms with E-state index in [1.165, 1.54) is 30.3 Å². The molecule has 0 aliphatic carbocycles. The highest BCUT2D eigenvalue weighted by atomic mass is 16.6. The van der Waals surface area contributed by atoms with Gasteiger partial charge in [0.2, 0.25) is 0 Å². The number of para-hydroxylation sites is 4. The van der Waals surface area contributed by atoms with Crippen molar-refractivity contribution in [2.24, 2.45) is 0 Å². The van der Waals surface area contributed by atoms with E-state index in [0.29, 0.717) is 5.69 Å². The Balaban J connectivity index is 2.18. The average molecular weight is 324 g/mol. The summed E-state index contributed by atoms with van der Waals surface area (Å²) >= 11 is 0. The number of hydrogen-bond acceptors (Lipinski definition) is 6. The van der Waals surface area contributed by atoms with E-state index in [0.717, 1.165) is 6.20 Å². The molecule has 0 aliphatic heterocycles.